The number of hydrogen-bond acceptors (Lipinski definition) is 3. The lowest BCUT2D eigenvalue weighted by molar-refractivity contribution is 0.112. The van der Waals surface area contributed by atoms with Crippen molar-refractivity contribution in [3.63, 3.8) is 0 Å². The van der Waals surface area contributed by atoms with Crippen LogP contribution in [0.25, 0.3) is 11.1 Å². The first-order chi connectivity index (χ1) is 8.67. The molecule has 0 aliphatic rings. The van der Waals surface area contributed by atoms with E-state index in [1.54, 1.807) is 12.1 Å². The van der Waals surface area contributed by atoms with Gasteiger partial charge in [0, 0.05) is 5.56 Å². The highest BCUT2D eigenvalue weighted by Gasteiger charge is 2.11. The van der Waals surface area contributed by atoms with Crippen molar-refractivity contribution in [1.82, 2.24) is 0 Å². The second-order valence-electron chi connectivity index (χ2n) is 3.71. The van der Waals surface area contributed by atoms with Gasteiger partial charge in [-0.2, -0.15) is 0 Å². The summed E-state index contributed by atoms with van der Waals surface area (Å²) in [6.07, 6.45) is 0.569. The van der Waals surface area contributed by atoms with Gasteiger partial charge in [0.05, 0.1) is 12.7 Å². The molecule has 18 heavy (non-hydrogen) atoms. The Morgan fingerprint density at radius 3 is 2.72 bits per heavy atom. The molecule has 2 aromatic carbocycles. The number of aromatic hydroxyl groups is 1. The fourth-order valence-corrected chi connectivity index (χ4v) is 1.72. The van der Waals surface area contributed by atoms with Gasteiger partial charge in [-0.1, -0.05) is 18.2 Å². The average molecular weight is 246 g/mol. The summed E-state index contributed by atoms with van der Waals surface area (Å²) >= 11 is 0. The van der Waals surface area contributed by atoms with Crippen LogP contribution in [0.15, 0.2) is 36.4 Å². The molecule has 0 aliphatic heterocycles. The van der Waals surface area contributed by atoms with Gasteiger partial charge < -0.3 is 9.84 Å². The number of phenolic OH excluding ortho intramolecular Hbond substituents is 1. The summed E-state index contributed by atoms with van der Waals surface area (Å²) in [5.74, 6) is -0.517. The monoisotopic (exact) mass is 246 g/mol. The fourth-order valence-electron chi connectivity index (χ4n) is 1.72. The van der Waals surface area contributed by atoms with E-state index in [9.17, 15) is 14.3 Å². The molecule has 0 amide bonds. The third kappa shape index (κ3) is 2.05. The molecule has 0 atom stereocenters. The van der Waals surface area contributed by atoms with E-state index < -0.39 is 5.82 Å². The Bertz CT molecular complexity index is 594. The van der Waals surface area contributed by atoms with Gasteiger partial charge in [0.15, 0.2) is 17.9 Å². The highest BCUT2D eigenvalue weighted by atomic mass is 19.1. The van der Waals surface area contributed by atoms with Gasteiger partial charge >= 0.3 is 0 Å². The molecule has 0 unspecified atom stereocenters. The molecule has 0 bridgehead atoms. The van der Waals surface area contributed by atoms with Crippen LogP contribution in [0.3, 0.4) is 0 Å². The van der Waals surface area contributed by atoms with Crippen LogP contribution in [-0.2, 0) is 0 Å². The molecule has 0 radical (unpaired) electrons. The van der Waals surface area contributed by atoms with Crippen LogP contribution < -0.4 is 4.74 Å². The van der Waals surface area contributed by atoms with Crippen LogP contribution in [0.2, 0.25) is 0 Å². The summed E-state index contributed by atoms with van der Waals surface area (Å²) < 4.78 is 18.2. The molecule has 2 rings (SSSR count). The molecule has 3 nitrogen and oxygen atoms in total. The van der Waals surface area contributed by atoms with Crippen LogP contribution in [0, 0.1) is 5.82 Å². The lowest BCUT2D eigenvalue weighted by Gasteiger charge is -2.08. The zero-order valence-corrected chi connectivity index (χ0v) is 9.68. The number of aldehydes is 1. The first kappa shape index (κ1) is 12.1. The molecule has 1 N–H and O–H groups in total. The molecule has 4 heteroatoms. The fraction of sp³-hybridized carbons (Fsp3) is 0.0714. The zero-order chi connectivity index (χ0) is 13.1. The van der Waals surface area contributed by atoms with Crippen molar-refractivity contribution in [1.29, 1.82) is 0 Å². The summed E-state index contributed by atoms with van der Waals surface area (Å²) in [5, 5.41) is 9.91. The predicted molar refractivity (Wildman–Crippen MR) is 65.4 cm³/mol. The largest absolute Gasteiger partial charge is 0.507 e. The van der Waals surface area contributed by atoms with Crippen molar-refractivity contribution in [2.75, 3.05) is 7.11 Å². The molecule has 0 saturated heterocycles. The Kier molecular flexibility index (Phi) is 3.28. The SMILES string of the molecule is COc1cc(-c2cccc(C=O)c2O)ccc1F. The zero-order valence-electron chi connectivity index (χ0n) is 9.68. The predicted octanol–water partition coefficient (Wildman–Crippen LogP) is 3.02. The molecule has 2 aromatic rings. The third-order valence-electron chi connectivity index (χ3n) is 2.66. The molecule has 0 aliphatic carbocycles. The first-order valence-corrected chi connectivity index (χ1v) is 5.28. The highest BCUT2D eigenvalue weighted by Crippen LogP contribution is 2.33. The highest BCUT2D eigenvalue weighted by molar-refractivity contribution is 5.85. The third-order valence-corrected chi connectivity index (χ3v) is 2.66. The van der Waals surface area contributed by atoms with Crippen LogP contribution in [0.4, 0.5) is 4.39 Å². The molecule has 92 valence electrons. The Labute approximate surface area is 103 Å². The van der Waals surface area contributed by atoms with Gasteiger partial charge in [0.1, 0.15) is 5.75 Å². The standard InChI is InChI=1S/C14H11FO3/c1-18-13-7-9(5-6-12(13)15)11-4-2-3-10(8-16)14(11)17/h2-8,17H,1H3. The quantitative estimate of drug-likeness (QED) is 0.847. The summed E-state index contributed by atoms with van der Waals surface area (Å²) in [6.45, 7) is 0. The van der Waals surface area contributed by atoms with Crippen LogP contribution in [0.1, 0.15) is 10.4 Å². The number of hydrogen-bond donors (Lipinski definition) is 1. The second-order valence-corrected chi connectivity index (χ2v) is 3.71. The number of para-hydroxylation sites is 1. The van der Waals surface area contributed by atoms with Gasteiger partial charge in [-0.25, -0.2) is 4.39 Å². The molecular weight excluding hydrogens is 235 g/mol. The Morgan fingerprint density at radius 2 is 2.06 bits per heavy atom. The normalized spacial score (nSPS) is 10.1. The van der Waals surface area contributed by atoms with E-state index in [0.29, 0.717) is 17.4 Å². The smallest absolute Gasteiger partial charge is 0.165 e. The Hall–Kier alpha value is -2.36. The summed E-state index contributed by atoms with van der Waals surface area (Å²) in [4.78, 5) is 10.7. The maximum absolute atomic E-state index is 13.3. The van der Waals surface area contributed by atoms with E-state index >= 15 is 0 Å². The lowest BCUT2D eigenvalue weighted by Crippen LogP contribution is -1.90. The number of halogens is 1. The van der Waals surface area contributed by atoms with Gasteiger partial charge in [-0.05, 0) is 23.8 Å². The van der Waals surface area contributed by atoms with E-state index in [1.165, 1.54) is 31.4 Å². The van der Waals surface area contributed by atoms with Gasteiger partial charge in [-0.15, -0.1) is 0 Å². The summed E-state index contributed by atoms with van der Waals surface area (Å²) in [7, 11) is 1.36. The van der Waals surface area contributed by atoms with Crippen molar-refractivity contribution in [2.24, 2.45) is 0 Å². The molecule has 0 fully saturated rings. The number of methoxy groups -OCH3 is 1. The molecule has 0 saturated carbocycles. The van der Waals surface area contributed by atoms with Crippen LogP contribution in [0.5, 0.6) is 11.5 Å². The number of rotatable bonds is 3. The first-order valence-electron chi connectivity index (χ1n) is 5.28. The van der Waals surface area contributed by atoms with Crippen LogP contribution in [-0.4, -0.2) is 18.5 Å². The topological polar surface area (TPSA) is 46.5 Å². The average Bonchev–Trinajstić information content (AvgIpc) is 2.40. The van der Waals surface area contributed by atoms with E-state index in [2.05, 4.69) is 0 Å². The van der Waals surface area contributed by atoms with Crippen molar-refractivity contribution >= 4 is 6.29 Å². The number of carbonyl (C=O) groups is 1. The molecule has 0 spiro atoms. The summed E-state index contributed by atoms with van der Waals surface area (Å²) in [6, 6.07) is 9.04. The number of ether oxygens (including phenoxy) is 1. The summed E-state index contributed by atoms with van der Waals surface area (Å²) in [5.41, 5.74) is 1.23. The second kappa shape index (κ2) is 4.87. The Morgan fingerprint density at radius 1 is 1.28 bits per heavy atom. The van der Waals surface area contributed by atoms with Gasteiger partial charge in [0.25, 0.3) is 0 Å². The van der Waals surface area contributed by atoms with E-state index in [-0.39, 0.29) is 17.1 Å². The van der Waals surface area contributed by atoms with Crippen molar-refractivity contribution in [3.8, 4) is 22.6 Å². The minimum Gasteiger partial charge on any atom is -0.507 e. The molecular formula is C14H11FO3. The Balaban J connectivity index is 2.58. The molecule has 0 heterocycles. The van der Waals surface area contributed by atoms with E-state index in [1.807, 2.05) is 0 Å². The van der Waals surface area contributed by atoms with E-state index in [4.69, 9.17) is 4.74 Å². The maximum Gasteiger partial charge on any atom is 0.165 e. The minimum atomic E-state index is -0.479. The maximum atomic E-state index is 13.3. The minimum absolute atomic E-state index is 0.0865. The number of benzene rings is 2. The van der Waals surface area contributed by atoms with Crippen molar-refractivity contribution in [2.45, 2.75) is 0 Å². The van der Waals surface area contributed by atoms with E-state index in [0.717, 1.165) is 0 Å². The lowest BCUT2D eigenvalue weighted by atomic mass is 10.0. The molecule has 0 aromatic heterocycles. The van der Waals surface area contributed by atoms with Crippen molar-refractivity contribution < 1.29 is 19.0 Å². The number of phenols is 1. The van der Waals surface area contributed by atoms with Gasteiger partial charge in [-0.3, -0.25) is 4.79 Å². The van der Waals surface area contributed by atoms with Gasteiger partial charge in [0.2, 0.25) is 0 Å². The van der Waals surface area contributed by atoms with Crippen molar-refractivity contribution in [3.05, 3.63) is 47.8 Å². The van der Waals surface area contributed by atoms with Crippen LogP contribution >= 0.6 is 0 Å². The number of carbonyl (C=O) groups excluding carboxylic acids is 1.